The van der Waals surface area contributed by atoms with E-state index in [4.69, 9.17) is 0 Å². The Balaban J connectivity index is 2.20. The fraction of sp³-hybridized carbons (Fsp3) is 0.533. The summed E-state index contributed by atoms with van der Waals surface area (Å²) in [5, 5.41) is 19.3. The van der Waals surface area contributed by atoms with Crippen molar-refractivity contribution in [3.8, 4) is 0 Å². The van der Waals surface area contributed by atoms with Crippen LogP contribution in [0.1, 0.15) is 37.4 Å². The van der Waals surface area contributed by atoms with Crippen LogP contribution in [0.4, 0.5) is 0 Å². The summed E-state index contributed by atoms with van der Waals surface area (Å²) in [6, 6.07) is 7.13. The molecule has 19 heavy (non-hydrogen) atoms. The van der Waals surface area contributed by atoms with Crippen LogP contribution < -0.4 is 0 Å². The molecule has 1 aliphatic rings. The highest BCUT2D eigenvalue weighted by molar-refractivity contribution is 5.76. The first-order chi connectivity index (χ1) is 8.88. The van der Waals surface area contributed by atoms with Gasteiger partial charge in [0.05, 0.1) is 5.60 Å². The van der Waals surface area contributed by atoms with Gasteiger partial charge in [-0.2, -0.15) is 0 Å². The molecule has 0 radical (unpaired) electrons. The number of carboxylic acids is 1. The molecule has 2 rings (SSSR count). The van der Waals surface area contributed by atoms with Crippen molar-refractivity contribution in [2.45, 2.75) is 38.3 Å². The molecular weight excluding hydrogens is 242 g/mol. The third-order valence-electron chi connectivity index (χ3n) is 3.63. The van der Waals surface area contributed by atoms with E-state index in [9.17, 15) is 15.0 Å². The first-order valence-corrected chi connectivity index (χ1v) is 6.65. The van der Waals surface area contributed by atoms with Crippen LogP contribution in [0, 0.1) is 0 Å². The van der Waals surface area contributed by atoms with Gasteiger partial charge in [0.1, 0.15) is 6.04 Å². The third-order valence-corrected chi connectivity index (χ3v) is 3.63. The smallest absolute Gasteiger partial charge is 0.325 e. The lowest BCUT2D eigenvalue weighted by molar-refractivity contribution is -0.144. The minimum absolute atomic E-state index is 0.568. The van der Waals surface area contributed by atoms with E-state index in [1.54, 1.807) is 13.8 Å². The highest BCUT2D eigenvalue weighted by atomic mass is 16.4. The van der Waals surface area contributed by atoms with Gasteiger partial charge in [0.15, 0.2) is 0 Å². The Morgan fingerprint density at radius 1 is 1.42 bits per heavy atom. The molecule has 1 atom stereocenters. The molecule has 0 saturated heterocycles. The first kappa shape index (κ1) is 14.0. The molecule has 1 aliphatic heterocycles. The molecule has 0 fully saturated rings. The molecule has 1 aromatic rings. The van der Waals surface area contributed by atoms with E-state index in [-0.39, 0.29) is 0 Å². The SMILES string of the molecule is CC(C)(O)CCN1CCc2ccccc2C1C(=O)O. The maximum Gasteiger partial charge on any atom is 0.325 e. The number of fused-ring (bicyclic) bond motifs is 1. The first-order valence-electron chi connectivity index (χ1n) is 6.65. The maximum atomic E-state index is 11.5. The quantitative estimate of drug-likeness (QED) is 0.870. The zero-order chi connectivity index (χ0) is 14.0. The summed E-state index contributed by atoms with van der Waals surface area (Å²) in [5.74, 6) is -0.817. The number of hydrogen-bond donors (Lipinski definition) is 2. The lowest BCUT2D eigenvalue weighted by atomic mass is 9.92. The summed E-state index contributed by atoms with van der Waals surface area (Å²) in [6.45, 7) is 4.82. The van der Waals surface area contributed by atoms with Crippen LogP contribution in [0.25, 0.3) is 0 Å². The van der Waals surface area contributed by atoms with Gasteiger partial charge in [-0.15, -0.1) is 0 Å². The average molecular weight is 263 g/mol. The molecule has 0 bridgehead atoms. The number of carboxylic acid groups (broad SMARTS) is 1. The van der Waals surface area contributed by atoms with Gasteiger partial charge in [-0.3, -0.25) is 9.69 Å². The number of nitrogens with zero attached hydrogens (tertiary/aromatic N) is 1. The predicted octanol–water partition coefficient (Wildman–Crippen LogP) is 1.83. The molecule has 1 aromatic carbocycles. The molecule has 4 nitrogen and oxygen atoms in total. The van der Waals surface area contributed by atoms with Crippen LogP contribution in [0.15, 0.2) is 24.3 Å². The van der Waals surface area contributed by atoms with Crippen molar-refractivity contribution in [3.63, 3.8) is 0 Å². The average Bonchev–Trinajstić information content (AvgIpc) is 2.34. The second-order valence-corrected chi connectivity index (χ2v) is 5.79. The normalized spacial score (nSPS) is 20.1. The molecular formula is C15H21NO3. The van der Waals surface area contributed by atoms with Gasteiger partial charge >= 0.3 is 5.97 Å². The van der Waals surface area contributed by atoms with Gasteiger partial charge in [0.2, 0.25) is 0 Å². The van der Waals surface area contributed by atoms with Gasteiger partial charge < -0.3 is 10.2 Å². The van der Waals surface area contributed by atoms with E-state index < -0.39 is 17.6 Å². The van der Waals surface area contributed by atoms with Crippen molar-refractivity contribution in [1.82, 2.24) is 4.90 Å². The molecule has 4 heteroatoms. The molecule has 2 N–H and O–H groups in total. The lowest BCUT2D eigenvalue weighted by Crippen LogP contribution is -2.42. The Hall–Kier alpha value is -1.39. The Morgan fingerprint density at radius 3 is 2.74 bits per heavy atom. The van der Waals surface area contributed by atoms with E-state index in [0.29, 0.717) is 13.0 Å². The summed E-state index contributed by atoms with van der Waals surface area (Å²) < 4.78 is 0. The van der Waals surface area contributed by atoms with E-state index in [0.717, 1.165) is 24.1 Å². The Kier molecular flexibility index (Phi) is 3.92. The van der Waals surface area contributed by atoms with Crippen LogP contribution in [0.2, 0.25) is 0 Å². The molecule has 0 aromatic heterocycles. The van der Waals surface area contributed by atoms with E-state index in [1.807, 2.05) is 29.2 Å². The number of aliphatic hydroxyl groups is 1. The number of hydrogen-bond acceptors (Lipinski definition) is 3. The van der Waals surface area contributed by atoms with Gasteiger partial charge in [-0.1, -0.05) is 24.3 Å². The zero-order valence-corrected chi connectivity index (χ0v) is 11.5. The summed E-state index contributed by atoms with van der Waals surface area (Å²) >= 11 is 0. The molecule has 0 amide bonds. The molecule has 104 valence electrons. The number of rotatable bonds is 4. The lowest BCUT2D eigenvalue weighted by Gasteiger charge is -2.35. The van der Waals surface area contributed by atoms with Crippen molar-refractivity contribution in [2.75, 3.05) is 13.1 Å². The minimum atomic E-state index is -0.817. The minimum Gasteiger partial charge on any atom is -0.480 e. The number of carbonyl (C=O) groups is 1. The van der Waals surface area contributed by atoms with Crippen molar-refractivity contribution in [2.24, 2.45) is 0 Å². The van der Waals surface area contributed by atoms with Gasteiger partial charge in [0, 0.05) is 13.1 Å². The van der Waals surface area contributed by atoms with Crippen molar-refractivity contribution < 1.29 is 15.0 Å². The molecule has 1 heterocycles. The van der Waals surface area contributed by atoms with Gasteiger partial charge in [-0.25, -0.2) is 0 Å². The van der Waals surface area contributed by atoms with Crippen LogP contribution in [-0.4, -0.2) is 39.8 Å². The highest BCUT2D eigenvalue weighted by Crippen LogP contribution is 2.30. The fourth-order valence-corrected chi connectivity index (χ4v) is 2.57. The summed E-state index contributed by atoms with van der Waals surface area (Å²) in [5.41, 5.74) is 1.24. The van der Waals surface area contributed by atoms with Crippen LogP contribution >= 0.6 is 0 Å². The highest BCUT2D eigenvalue weighted by Gasteiger charge is 2.33. The third kappa shape index (κ3) is 3.33. The Morgan fingerprint density at radius 2 is 2.11 bits per heavy atom. The molecule has 1 unspecified atom stereocenters. The van der Waals surface area contributed by atoms with Crippen LogP contribution in [0.5, 0.6) is 0 Å². The molecule has 0 spiro atoms. The summed E-state index contributed by atoms with van der Waals surface area (Å²) in [4.78, 5) is 13.5. The van der Waals surface area contributed by atoms with Gasteiger partial charge in [-0.05, 0) is 37.8 Å². The second kappa shape index (κ2) is 5.31. The van der Waals surface area contributed by atoms with E-state index in [2.05, 4.69) is 0 Å². The largest absolute Gasteiger partial charge is 0.480 e. The molecule has 0 saturated carbocycles. The second-order valence-electron chi connectivity index (χ2n) is 5.79. The van der Waals surface area contributed by atoms with Crippen molar-refractivity contribution >= 4 is 5.97 Å². The van der Waals surface area contributed by atoms with Gasteiger partial charge in [0.25, 0.3) is 0 Å². The van der Waals surface area contributed by atoms with E-state index >= 15 is 0 Å². The Labute approximate surface area is 113 Å². The number of benzene rings is 1. The van der Waals surface area contributed by atoms with Crippen LogP contribution in [-0.2, 0) is 11.2 Å². The van der Waals surface area contributed by atoms with Crippen molar-refractivity contribution in [3.05, 3.63) is 35.4 Å². The van der Waals surface area contributed by atoms with Crippen molar-refractivity contribution in [1.29, 1.82) is 0 Å². The zero-order valence-electron chi connectivity index (χ0n) is 11.5. The monoisotopic (exact) mass is 263 g/mol. The number of aliphatic carboxylic acids is 1. The fourth-order valence-electron chi connectivity index (χ4n) is 2.57. The summed E-state index contributed by atoms with van der Waals surface area (Å²) in [6.07, 6.45) is 1.44. The molecule has 0 aliphatic carbocycles. The maximum absolute atomic E-state index is 11.5. The predicted molar refractivity (Wildman–Crippen MR) is 73.0 cm³/mol. The van der Waals surface area contributed by atoms with E-state index in [1.165, 1.54) is 0 Å². The topological polar surface area (TPSA) is 60.8 Å². The van der Waals surface area contributed by atoms with Crippen LogP contribution in [0.3, 0.4) is 0 Å². The Bertz CT molecular complexity index is 465. The summed E-state index contributed by atoms with van der Waals surface area (Å²) in [7, 11) is 0. The standard InChI is InChI=1S/C15H21NO3/c1-15(2,19)8-10-16-9-7-11-5-3-4-6-12(11)13(16)14(17)18/h3-6,13,19H,7-10H2,1-2H3,(H,17,18).